The number of piperidine rings is 1. The molecule has 2 aromatic rings. The van der Waals surface area contributed by atoms with Crippen LogP contribution in [-0.4, -0.2) is 72.3 Å². The van der Waals surface area contributed by atoms with Gasteiger partial charge in [0.2, 0.25) is 5.91 Å². The van der Waals surface area contributed by atoms with Gasteiger partial charge in [-0.1, -0.05) is 40.9 Å². The van der Waals surface area contributed by atoms with Gasteiger partial charge in [0.1, 0.15) is 0 Å². The summed E-state index contributed by atoms with van der Waals surface area (Å²) >= 11 is 18.2. The Labute approximate surface area is 247 Å². The molecule has 11 heteroatoms. The molecular formula is C29H31Cl3F3N3O2. The summed E-state index contributed by atoms with van der Waals surface area (Å²) in [5.41, 5.74) is -0.383. The first kappa shape index (κ1) is 29.5. The number of halogens is 6. The lowest BCUT2D eigenvalue weighted by Crippen LogP contribution is -2.44. The van der Waals surface area contributed by atoms with Gasteiger partial charge >= 0.3 is 6.18 Å². The smallest absolute Gasteiger partial charge is 0.340 e. The van der Waals surface area contributed by atoms with Crippen LogP contribution in [-0.2, 0) is 11.0 Å². The third-order valence-corrected chi connectivity index (χ3v) is 9.53. The van der Waals surface area contributed by atoms with Crippen LogP contribution in [0.2, 0.25) is 15.1 Å². The molecule has 40 heavy (non-hydrogen) atoms. The largest absolute Gasteiger partial charge is 0.417 e. The number of benzene rings is 2. The van der Waals surface area contributed by atoms with E-state index < -0.39 is 28.7 Å². The second-order valence-electron chi connectivity index (χ2n) is 11.2. The quantitative estimate of drug-likeness (QED) is 0.357. The van der Waals surface area contributed by atoms with E-state index in [9.17, 15) is 22.8 Å². The van der Waals surface area contributed by atoms with Gasteiger partial charge in [0, 0.05) is 44.1 Å². The van der Waals surface area contributed by atoms with Crippen molar-refractivity contribution in [1.29, 1.82) is 0 Å². The maximum Gasteiger partial charge on any atom is 0.417 e. The number of nitrogens with zero attached hydrogens (tertiary/aromatic N) is 3. The molecule has 0 radical (unpaired) electrons. The number of hydrogen-bond donors (Lipinski definition) is 0. The van der Waals surface area contributed by atoms with E-state index in [0.29, 0.717) is 16.6 Å². The first-order valence-corrected chi connectivity index (χ1v) is 14.7. The van der Waals surface area contributed by atoms with Crippen molar-refractivity contribution in [3.8, 4) is 0 Å². The van der Waals surface area contributed by atoms with Crippen LogP contribution in [0.4, 0.5) is 13.2 Å². The Hall–Kier alpha value is -2.00. The summed E-state index contributed by atoms with van der Waals surface area (Å²) in [6.45, 7) is 3.55. The highest BCUT2D eigenvalue weighted by molar-refractivity contribution is 6.42. The number of alkyl halides is 3. The molecule has 2 amide bonds. The summed E-state index contributed by atoms with van der Waals surface area (Å²) in [7, 11) is 1.56. The number of likely N-dealkylation sites (tertiary alicyclic amines) is 2. The maximum atomic E-state index is 13.7. The van der Waals surface area contributed by atoms with Gasteiger partial charge in [0.05, 0.1) is 26.7 Å². The van der Waals surface area contributed by atoms with Crippen LogP contribution in [0.3, 0.4) is 0 Å². The minimum atomic E-state index is -4.70. The normalized spacial score (nSPS) is 22.5. The molecule has 3 fully saturated rings. The van der Waals surface area contributed by atoms with Gasteiger partial charge in [0.15, 0.2) is 0 Å². The number of carbonyl (C=O) groups excluding carboxylic acids is 2. The molecule has 2 aromatic carbocycles. The number of rotatable bonds is 6. The SMILES string of the molecule is CN(C(=O)c1ccc(Cl)c(C(F)(F)F)c1)C1CN(C(=O)C2CCN(CC3CC3)CC2)C[C@@H]1c1ccc(Cl)c(Cl)c1. The van der Waals surface area contributed by atoms with Crippen molar-refractivity contribution in [2.45, 2.75) is 43.8 Å². The van der Waals surface area contributed by atoms with Crippen LogP contribution in [0, 0.1) is 11.8 Å². The third kappa shape index (κ3) is 6.40. The minimum absolute atomic E-state index is 0.0605. The van der Waals surface area contributed by atoms with E-state index in [0.717, 1.165) is 56.1 Å². The molecule has 5 nitrogen and oxygen atoms in total. The Balaban J connectivity index is 1.36. The van der Waals surface area contributed by atoms with Gasteiger partial charge in [-0.15, -0.1) is 0 Å². The van der Waals surface area contributed by atoms with Crippen LogP contribution in [0.15, 0.2) is 36.4 Å². The molecule has 0 N–H and O–H groups in total. The molecule has 2 atom stereocenters. The standard InChI is InChI=1S/C29H31Cl3F3N3O2/c1-36(27(39)20-5-6-23(30)22(12-20)29(33,34)35)26-16-38(15-21(26)19-4-7-24(31)25(32)13-19)28(40)18-8-10-37(11-9-18)14-17-2-3-17/h4-7,12-13,17-18,21,26H,2-3,8-11,14-16H2,1H3/t21-,26?/m1/s1. The summed E-state index contributed by atoms with van der Waals surface area (Å²) in [6, 6.07) is 7.90. The fraction of sp³-hybridized carbons (Fsp3) is 0.517. The molecule has 3 aliphatic rings. The molecule has 0 aromatic heterocycles. The van der Waals surface area contributed by atoms with Crippen LogP contribution in [0.1, 0.15) is 53.1 Å². The Morgan fingerprint density at radius 1 is 0.925 bits per heavy atom. The van der Waals surface area contributed by atoms with E-state index in [1.165, 1.54) is 23.8 Å². The Bertz CT molecular complexity index is 1280. The molecule has 1 aliphatic carbocycles. The van der Waals surface area contributed by atoms with Crippen molar-refractivity contribution in [3.05, 3.63) is 68.2 Å². The molecule has 0 spiro atoms. The number of amides is 2. The molecule has 2 heterocycles. The average molecular weight is 617 g/mol. The Kier molecular flexibility index (Phi) is 8.63. The second kappa shape index (κ2) is 11.7. The van der Waals surface area contributed by atoms with Crippen molar-refractivity contribution >= 4 is 46.6 Å². The minimum Gasteiger partial charge on any atom is -0.340 e. The van der Waals surface area contributed by atoms with Gasteiger partial charge in [-0.2, -0.15) is 13.2 Å². The van der Waals surface area contributed by atoms with Crippen LogP contribution in [0.25, 0.3) is 0 Å². The predicted octanol–water partition coefficient (Wildman–Crippen LogP) is 6.85. The van der Waals surface area contributed by atoms with E-state index in [4.69, 9.17) is 34.8 Å². The van der Waals surface area contributed by atoms with Gasteiger partial charge in [-0.25, -0.2) is 0 Å². The van der Waals surface area contributed by atoms with Gasteiger partial charge < -0.3 is 14.7 Å². The van der Waals surface area contributed by atoms with Crippen molar-refractivity contribution in [2.24, 2.45) is 11.8 Å². The predicted molar refractivity (Wildman–Crippen MR) is 150 cm³/mol. The fourth-order valence-electron chi connectivity index (χ4n) is 5.95. The molecule has 0 bridgehead atoms. The Morgan fingerprint density at radius 2 is 1.60 bits per heavy atom. The summed E-state index contributed by atoms with van der Waals surface area (Å²) in [6.07, 6.45) is -0.513. The average Bonchev–Trinajstić information content (AvgIpc) is 3.63. The fourth-order valence-corrected chi connectivity index (χ4v) is 6.48. The molecule has 216 valence electrons. The van der Waals surface area contributed by atoms with E-state index in [1.807, 2.05) is 6.07 Å². The highest BCUT2D eigenvalue weighted by atomic mass is 35.5. The first-order valence-electron chi connectivity index (χ1n) is 13.5. The lowest BCUT2D eigenvalue weighted by molar-refractivity contribution is -0.137. The topological polar surface area (TPSA) is 43.9 Å². The molecule has 1 saturated carbocycles. The number of likely N-dealkylation sites (N-methyl/N-ethyl adjacent to an activating group) is 1. The molecular weight excluding hydrogens is 586 g/mol. The highest BCUT2D eigenvalue weighted by Gasteiger charge is 2.43. The zero-order valence-corrected chi connectivity index (χ0v) is 24.3. The summed E-state index contributed by atoms with van der Waals surface area (Å²) < 4.78 is 40.4. The van der Waals surface area contributed by atoms with Crippen LogP contribution >= 0.6 is 34.8 Å². The monoisotopic (exact) mass is 615 g/mol. The first-order chi connectivity index (χ1) is 18.9. The Morgan fingerprint density at radius 3 is 2.23 bits per heavy atom. The van der Waals surface area contributed by atoms with Gasteiger partial charge in [-0.05, 0) is 80.6 Å². The van der Waals surface area contributed by atoms with Gasteiger partial charge in [-0.3, -0.25) is 9.59 Å². The van der Waals surface area contributed by atoms with Crippen LogP contribution < -0.4 is 0 Å². The van der Waals surface area contributed by atoms with E-state index in [1.54, 1.807) is 24.1 Å². The summed E-state index contributed by atoms with van der Waals surface area (Å²) in [4.78, 5) is 32.8. The van der Waals surface area contributed by atoms with Crippen molar-refractivity contribution < 1.29 is 22.8 Å². The summed E-state index contributed by atoms with van der Waals surface area (Å²) in [5.74, 6) is -0.1000. The second-order valence-corrected chi connectivity index (χ2v) is 12.4. The zero-order chi connectivity index (χ0) is 28.8. The van der Waals surface area contributed by atoms with Crippen molar-refractivity contribution in [1.82, 2.24) is 14.7 Å². The third-order valence-electron chi connectivity index (χ3n) is 8.46. The molecule has 5 rings (SSSR count). The van der Waals surface area contributed by atoms with E-state index >= 15 is 0 Å². The number of carbonyl (C=O) groups is 2. The number of hydrogen-bond acceptors (Lipinski definition) is 3. The zero-order valence-electron chi connectivity index (χ0n) is 22.1. The van der Waals surface area contributed by atoms with Crippen LogP contribution in [0.5, 0.6) is 0 Å². The molecule has 2 saturated heterocycles. The van der Waals surface area contributed by atoms with E-state index in [2.05, 4.69) is 4.90 Å². The molecule has 2 aliphatic heterocycles. The lowest BCUT2D eigenvalue weighted by atomic mass is 9.93. The maximum absolute atomic E-state index is 13.7. The summed E-state index contributed by atoms with van der Waals surface area (Å²) in [5, 5.41) is 0.268. The molecule has 1 unspecified atom stereocenters. The van der Waals surface area contributed by atoms with Crippen molar-refractivity contribution in [3.63, 3.8) is 0 Å². The van der Waals surface area contributed by atoms with E-state index in [-0.39, 0.29) is 29.9 Å². The lowest BCUT2D eigenvalue weighted by Gasteiger charge is -2.33. The van der Waals surface area contributed by atoms with Crippen molar-refractivity contribution in [2.75, 3.05) is 39.8 Å². The van der Waals surface area contributed by atoms with Gasteiger partial charge in [0.25, 0.3) is 5.91 Å². The highest BCUT2D eigenvalue weighted by Crippen LogP contribution is 2.38.